The summed E-state index contributed by atoms with van der Waals surface area (Å²) in [4.78, 5) is 0. The average molecular weight is 409 g/mol. The van der Waals surface area contributed by atoms with Gasteiger partial charge >= 0.3 is 0 Å². The standard InChI is InChI=1S/C22H33BrO2/c23-19-15-10-8-6-4-2-1-3-5-7-9-12-16-21(24)20-25-22-17-13-11-14-18-22/h11,13-14,17-18,21,24H,1-10,15,19-20H2. The van der Waals surface area contributed by atoms with Crippen LogP contribution in [0, 0.1) is 11.8 Å². The summed E-state index contributed by atoms with van der Waals surface area (Å²) in [6.45, 7) is 0.229. The number of benzene rings is 1. The first-order valence-corrected chi connectivity index (χ1v) is 10.9. The number of unbranched alkanes of at least 4 members (excludes halogenated alkanes) is 10. The molecule has 0 spiro atoms. The molecular formula is C22H33BrO2. The summed E-state index contributed by atoms with van der Waals surface area (Å²) < 4.78 is 5.48. The van der Waals surface area contributed by atoms with Gasteiger partial charge < -0.3 is 9.84 Å². The zero-order chi connectivity index (χ0) is 18.0. The van der Waals surface area contributed by atoms with Crippen LogP contribution in [0.25, 0.3) is 0 Å². The highest BCUT2D eigenvalue weighted by molar-refractivity contribution is 9.09. The molecule has 0 aliphatic rings. The fourth-order valence-electron chi connectivity index (χ4n) is 2.65. The van der Waals surface area contributed by atoms with Gasteiger partial charge in [0.15, 0.2) is 0 Å². The molecule has 0 aliphatic heterocycles. The Bertz CT molecular complexity index is 464. The molecule has 25 heavy (non-hydrogen) atoms. The Labute approximate surface area is 162 Å². The summed E-state index contributed by atoms with van der Waals surface area (Å²) in [5.41, 5.74) is 0. The zero-order valence-corrected chi connectivity index (χ0v) is 17.0. The summed E-state index contributed by atoms with van der Waals surface area (Å²) in [7, 11) is 0. The predicted octanol–water partition coefficient (Wildman–Crippen LogP) is 6.12. The van der Waals surface area contributed by atoms with Crippen LogP contribution in [-0.4, -0.2) is 23.1 Å². The van der Waals surface area contributed by atoms with Crippen molar-refractivity contribution in [3.05, 3.63) is 30.3 Å². The molecule has 1 rings (SSSR count). The molecule has 1 atom stereocenters. The first-order valence-electron chi connectivity index (χ1n) is 9.73. The number of alkyl halides is 1. The van der Waals surface area contributed by atoms with Gasteiger partial charge in [0.1, 0.15) is 18.5 Å². The molecule has 0 fully saturated rings. The Kier molecular flexibility index (Phi) is 14.5. The number of halogens is 1. The van der Waals surface area contributed by atoms with E-state index in [-0.39, 0.29) is 6.61 Å². The van der Waals surface area contributed by atoms with Crippen molar-refractivity contribution in [1.82, 2.24) is 0 Å². The van der Waals surface area contributed by atoms with Crippen molar-refractivity contribution >= 4 is 15.9 Å². The number of aliphatic hydroxyl groups is 1. The van der Waals surface area contributed by atoms with Crippen molar-refractivity contribution in [3.8, 4) is 17.6 Å². The summed E-state index contributed by atoms with van der Waals surface area (Å²) in [5.74, 6) is 6.70. The van der Waals surface area contributed by atoms with Crippen LogP contribution in [0.15, 0.2) is 30.3 Å². The van der Waals surface area contributed by atoms with Gasteiger partial charge in [-0.15, -0.1) is 5.92 Å². The third-order valence-corrected chi connectivity index (χ3v) is 4.67. The second-order valence-corrected chi connectivity index (χ2v) is 7.23. The van der Waals surface area contributed by atoms with E-state index < -0.39 is 6.10 Å². The molecule has 0 bridgehead atoms. The van der Waals surface area contributed by atoms with Gasteiger partial charge in [0, 0.05) is 11.8 Å². The molecule has 1 aromatic carbocycles. The third-order valence-electron chi connectivity index (χ3n) is 4.11. The van der Waals surface area contributed by atoms with Crippen LogP contribution >= 0.6 is 15.9 Å². The lowest BCUT2D eigenvalue weighted by Gasteiger charge is -2.06. The Morgan fingerprint density at radius 1 is 0.840 bits per heavy atom. The van der Waals surface area contributed by atoms with Crippen LogP contribution in [0.2, 0.25) is 0 Å². The maximum absolute atomic E-state index is 9.79. The van der Waals surface area contributed by atoms with E-state index in [0.717, 1.165) is 23.9 Å². The van der Waals surface area contributed by atoms with Gasteiger partial charge in [-0.05, 0) is 25.0 Å². The highest BCUT2D eigenvalue weighted by atomic mass is 79.9. The molecule has 0 heterocycles. The quantitative estimate of drug-likeness (QED) is 0.228. The molecule has 0 radical (unpaired) electrons. The fourth-order valence-corrected chi connectivity index (χ4v) is 3.04. The molecule has 0 aromatic heterocycles. The fraction of sp³-hybridized carbons (Fsp3) is 0.636. The smallest absolute Gasteiger partial charge is 0.148 e. The Morgan fingerprint density at radius 2 is 1.40 bits per heavy atom. The summed E-state index contributed by atoms with van der Waals surface area (Å²) in [6.07, 6.45) is 13.4. The molecule has 1 N–H and O–H groups in total. The first-order chi connectivity index (χ1) is 12.3. The zero-order valence-electron chi connectivity index (χ0n) is 15.4. The van der Waals surface area contributed by atoms with Gasteiger partial charge in [-0.25, -0.2) is 0 Å². The lowest BCUT2D eigenvalue weighted by atomic mass is 10.1. The van der Waals surface area contributed by atoms with E-state index in [9.17, 15) is 5.11 Å². The third kappa shape index (κ3) is 13.9. The largest absolute Gasteiger partial charge is 0.490 e. The van der Waals surface area contributed by atoms with Crippen molar-refractivity contribution in [2.75, 3.05) is 11.9 Å². The number of aliphatic hydroxyl groups excluding tert-OH is 1. The predicted molar refractivity (Wildman–Crippen MR) is 110 cm³/mol. The second kappa shape index (κ2) is 16.5. The van der Waals surface area contributed by atoms with Crippen LogP contribution < -0.4 is 4.74 Å². The number of para-hydroxylation sites is 1. The lowest BCUT2D eigenvalue weighted by molar-refractivity contribution is 0.151. The van der Waals surface area contributed by atoms with E-state index in [1.54, 1.807) is 0 Å². The Balaban J connectivity index is 1.88. The van der Waals surface area contributed by atoms with Crippen LogP contribution in [0.4, 0.5) is 0 Å². The average Bonchev–Trinajstić information content (AvgIpc) is 2.64. The van der Waals surface area contributed by atoms with Crippen LogP contribution in [-0.2, 0) is 0 Å². The molecule has 3 heteroatoms. The molecule has 140 valence electrons. The number of ether oxygens (including phenoxy) is 1. The normalized spacial score (nSPS) is 11.6. The van der Waals surface area contributed by atoms with Crippen LogP contribution in [0.5, 0.6) is 5.75 Å². The molecule has 0 saturated heterocycles. The van der Waals surface area contributed by atoms with Crippen molar-refractivity contribution in [2.45, 2.75) is 76.7 Å². The van der Waals surface area contributed by atoms with Crippen LogP contribution in [0.3, 0.4) is 0 Å². The minimum Gasteiger partial charge on any atom is -0.490 e. The maximum atomic E-state index is 9.79. The van der Waals surface area contributed by atoms with Gasteiger partial charge in [0.2, 0.25) is 0 Å². The minimum atomic E-state index is -0.704. The number of hydrogen-bond donors (Lipinski definition) is 1. The molecule has 1 aromatic rings. The second-order valence-electron chi connectivity index (χ2n) is 6.44. The maximum Gasteiger partial charge on any atom is 0.148 e. The van der Waals surface area contributed by atoms with Crippen molar-refractivity contribution < 1.29 is 9.84 Å². The topological polar surface area (TPSA) is 29.5 Å². The van der Waals surface area contributed by atoms with E-state index in [1.165, 1.54) is 57.8 Å². The highest BCUT2D eigenvalue weighted by Crippen LogP contribution is 2.11. The van der Waals surface area contributed by atoms with E-state index in [1.807, 2.05) is 30.3 Å². The minimum absolute atomic E-state index is 0.229. The van der Waals surface area contributed by atoms with Gasteiger partial charge in [-0.3, -0.25) is 0 Å². The molecule has 0 aliphatic carbocycles. The summed E-state index contributed by atoms with van der Waals surface area (Å²) >= 11 is 3.47. The highest BCUT2D eigenvalue weighted by Gasteiger charge is 2.00. The van der Waals surface area contributed by atoms with Crippen molar-refractivity contribution in [2.24, 2.45) is 0 Å². The van der Waals surface area contributed by atoms with Crippen molar-refractivity contribution in [3.63, 3.8) is 0 Å². The summed E-state index contributed by atoms with van der Waals surface area (Å²) in [5, 5.41) is 10.9. The SMILES string of the molecule is OC(C#CCCCCCCCCCCCCBr)COc1ccccc1. The van der Waals surface area contributed by atoms with E-state index in [4.69, 9.17) is 4.74 Å². The number of hydrogen-bond acceptors (Lipinski definition) is 2. The molecular weight excluding hydrogens is 376 g/mol. The Hall–Kier alpha value is -0.980. The van der Waals surface area contributed by atoms with Crippen LogP contribution in [0.1, 0.15) is 70.6 Å². The molecule has 0 saturated carbocycles. The summed E-state index contributed by atoms with van der Waals surface area (Å²) in [6, 6.07) is 9.53. The first kappa shape index (κ1) is 22.1. The Morgan fingerprint density at radius 3 is 2.00 bits per heavy atom. The molecule has 0 amide bonds. The molecule has 1 unspecified atom stereocenters. The van der Waals surface area contributed by atoms with Gasteiger partial charge in [-0.1, -0.05) is 91.4 Å². The van der Waals surface area contributed by atoms with Gasteiger partial charge in [0.25, 0.3) is 0 Å². The van der Waals surface area contributed by atoms with E-state index in [2.05, 4.69) is 27.8 Å². The lowest BCUT2D eigenvalue weighted by Crippen LogP contribution is -2.15. The van der Waals surface area contributed by atoms with Crippen molar-refractivity contribution in [1.29, 1.82) is 0 Å². The monoisotopic (exact) mass is 408 g/mol. The molecule has 2 nitrogen and oxygen atoms in total. The van der Waals surface area contributed by atoms with E-state index >= 15 is 0 Å². The number of rotatable bonds is 14. The van der Waals surface area contributed by atoms with E-state index in [0.29, 0.717) is 0 Å². The van der Waals surface area contributed by atoms with Gasteiger partial charge in [-0.2, -0.15) is 0 Å². The van der Waals surface area contributed by atoms with Gasteiger partial charge in [0.05, 0.1) is 0 Å².